The van der Waals surface area contributed by atoms with Crippen LogP contribution in [0.5, 0.6) is 0 Å². The molecule has 1 aliphatic rings. The summed E-state index contributed by atoms with van der Waals surface area (Å²) < 4.78 is 2.05. The summed E-state index contributed by atoms with van der Waals surface area (Å²) in [5, 5.41) is 7.87. The second-order valence-electron chi connectivity index (χ2n) is 5.80. The fourth-order valence-corrected chi connectivity index (χ4v) is 2.52. The van der Waals surface area contributed by atoms with Crippen LogP contribution in [0, 0.1) is 12.8 Å². The molecule has 4 heteroatoms. The molecule has 0 saturated carbocycles. The maximum atomic E-state index is 4.33. The molecule has 0 aromatic carbocycles. The zero-order valence-electron chi connectivity index (χ0n) is 11.9. The number of nitrogens with one attached hydrogen (secondary N) is 1. The maximum absolute atomic E-state index is 4.33. The van der Waals surface area contributed by atoms with Gasteiger partial charge in [-0.25, -0.2) is 0 Å². The van der Waals surface area contributed by atoms with E-state index in [4.69, 9.17) is 0 Å². The van der Waals surface area contributed by atoms with E-state index in [0.29, 0.717) is 6.04 Å². The lowest BCUT2D eigenvalue weighted by atomic mass is 10.1. The highest BCUT2D eigenvalue weighted by Gasteiger charge is 2.21. The molecule has 1 saturated heterocycles. The quantitative estimate of drug-likeness (QED) is 0.831. The van der Waals surface area contributed by atoms with Crippen LogP contribution in [-0.4, -0.2) is 46.9 Å². The highest BCUT2D eigenvalue weighted by Crippen LogP contribution is 2.15. The van der Waals surface area contributed by atoms with Crippen molar-refractivity contribution in [1.82, 2.24) is 20.0 Å². The fourth-order valence-electron chi connectivity index (χ4n) is 2.52. The van der Waals surface area contributed by atoms with Gasteiger partial charge in [0.1, 0.15) is 0 Å². The monoisotopic (exact) mass is 250 g/mol. The van der Waals surface area contributed by atoms with Crippen LogP contribution in [0.25, 0.3) is 0 Å². The van der Waals surface area contributed by atoms with Gasteiger partial charge in [0.05, 0.1) is 12.7 Å². The SMILES string of the molecule is Cc1cnn(CCN2CCC(CNC(C)C)C2)c1. The predicted octanol–water partition coefficient (Wildman–Crippen LogP) is 1.51. The topological polar surface area (TPSA) is 33.1 Å². The van der Waals surface area contributed by atoms with E-state index in [1.807, 2.05) is 6.20 Å². The molecule has 0 amide bonds. The van der Waals surface area contributed by atoms with E-state index < -0.39 is 0 Å². The second kappa shape index (κ2) is 6.34. The van der Waals surface area contributed by atoms with E-state index in [1.165, 1.54) is 25.1 Å². The van der Waals surface area contributed by atoms with Crippen LogP contribution < -0.4 is 5.32 Å². The molecule has 102 valence electrons. The third-order valence-electron chi connectivity index (χ3n) is 3.59. The van der Waals surface area contributed by atoms with Crippen molar-refractivity contribution in [3.63, 3.8) is 0 Å². The number of likely N-dealkylation sites (tertiary alicyclic amines) is 1. The summed E-state index contributed by atoms with van der Waals surface area (Å²) >= 11 is 0. The molecule has 2 heterocycles. The lowest BCUT2D eigenvalue weighted by Gasteiger charge is -2.17. The molecule has 0 radical (unpaired) electrons. The van der Waals surface area contributed by atoms with E-state index in [1.54, 1.807) is 0 Å². The van der Waals surface area contributed by atoms with Crippen molar-refractivity contribution < 1.29 is 0 Å². The van der Waals surface area contributed by atoms with E-state index in [2.05, 4.69) is 47.0 Å². The predicted molar refractivity (Wildman–Crippen MR) is 74.6 cm³/mol. The summed E-state index contributed by atoms with van der Waals surface area (Å²) in [5.41, 5.74) is 1.25. The Morgan fingerprint density at radius 3 is 2.94 bits per heavy atom. The molecule has 1 aromatic heterocycles. The average molecular weight is 250 g/mol. The molecular formula is C14H26N4. The standard InChI is InChI=1S/C14H26N4/c1-12(2)15-9-14-4-5-17(11-14)6-7-18-10-13(3)8-16-18/h8,10,12,14-15H,4-7,9,11H2,1-3H3. The van der Waals surface area contributed by atoms with Gasteiger partial charge < -0.3 is 10.2 Å². The first-order valence-corrected chi connectivity index (χ1v) is 7.08. The Labute approximate surface area is 110 Å². The van der Waals surface area contributed by atoms with E-state index in [9.17, 15) is 0 Å². The van der Waals surface area contributed by atoms with E-state index in [-0.39, 0.29) is 0 Å². The smallest absolute Gasteiger partial charge is 0.0536 e. The molecule has 0 aliphatic carbocycles. The number of nitrogens with zero attached hydrogens (tertiary/aromatic N) is 3. The average Bonchev–Trinajstić information content (AvgIpc) is 2.93. The molecule has 1 unspecified atom stereocenters. The Morgan fingerprint density at radius 1 is 1.44 bits per heavy atom. The van der Waals surface area contributed by atoms with Crippen molar-refractivity contribution in [2.24, 2.45) is 5.92 Å². The Morgan fingerprint density at radius 2 is 2.28 bits per heavy atom. The molecule has 1 N–H and O–H groups in total. The summed E-state index contributed by atoms with van der Waals surface area (Å²) in [5.74, 6) is 0.826. The summed E-state index contributed by atoms with van der Waals surface area (Å²) in [6.07, 6.45) is 5.38. The van der Waals surface area contributed by atoms with Crippen molar-refractivity contribution >= 4 is 0 Å². The first kappa shape index (κ1) is 13.6. The van der Waals surface area contributed by atoms with Crippen LogP contribution in [0.4, 0.5) is 0 Å². The van der Waals surface area contributed by atoms with Crippen molar-refractivity contribution in [3.8, 4) is 0 Å². The Kier molecular flexibility index (Phi) is 4.78. The molecule has 2 rings (SSSR count). The lowest BCUT2D eigenvalue weighted by molar-refractivity contribution is 0.300. The number of aromatic nitrogens is 2. The minimum Gasteiger partial charge on any atom is -0.314 e. The van der Waals surface area contributed by atoms with Gasteiger partial charge in [0.15, 0.2) is 0 Å². The molecule has 1 fully saturated rings. The maximum Gasteiger partial charge on any atom is 0.0536 e. The second-order valence-corrected chi connectivity index (χ2v) is 5.80. The van der Waals surface area contributed by atoms with Gasteiger partial charge in [-0.3, -0.25) is 4.68 Å². The van der Waals surface area contributed by atoms with Crippen LogP contribution in [0.1, 0.15) is 25.8 Å². The van der Waals surface area contributed by atoms with Crippen LogP contribution in [-0.2, 0) is 6.54 Å². The van der Waals surface area contributed by atoms with Crippen molar-refractivity contribution in [1.29, 1.82) is 0 Å². The number of hydrogen-bond donors (Lipinski definition) is 1. The Hall–Kier alpha value is -0.870. The third-order valence-corrected chi connectivity index (χ3v) is 3.59. The molecule has 1 aliphatic heterocycles. The van der Waals surface area contributed by atoms with Crippen molar-refractivity contribution in [3.05, 3.63) is 18.0 Å². The van der Waals surface area contributed by atoms with Gasteiger partial charge in [0.2, 0.25) is 0 Å². The minimum atomic E-state index is 0.603. The third kappa shape index (κ3) is 4.10. The van der Waals surface area contributed by atoms with Gasteiger partial charge in [-0.1, -0.05) is 13.8 Å². The number of aryl methyl sites for hydroxylation is 1. The number of hydrogen-bond acceptors (Lipinski definition) is 3. The molecule has 4 nitrogen and oxygen atoms in total. The highest BCUT2D eigenvalue weighted by atomic mass is 15.3. The number of rotatable bonds is 6. The molecular weight excluding hydrogens is 224 g/mol. The Bertz CT molecular complexity index is 358. The van der Waals surface area contributed by atoms with Crippen LogP contribution in [0.15, 0.2) is 12.4 Å². The van der Waals surface area contributed by atoms with Crippen LogP contribution in [0.3, 0.4) is 0 Å². The van der Waals surface area contributed by atoms with Gasteiger partial charge in [-0.15, -0.1) is 0 Å². The molecule has 1 aromatic rings. The summed E-state index contributed by atoms with van der Waals surface area (Å²) in [7, 11) is 0. The molecule has 0 bridgehead atoms. The fraction of sp³-hybridized carbons (Fsp3) is 0.786. The largest absolute Gasteiger partial charge is 0.314 e. The normalized spacial score (nSPS) is 21.0. The van der Waals surface area contributed by atoms with E-state index in [0.717, 1.165) is 25.6 Å². The lowest BCUT2D eigenvalue weighted by Crippen LogP contribution is -2.31. The zero-order valence-corrected chi connectivity index (χ0v) is 11.9. The summed E-state index contributed by atoms with van der Waals surface area (Å²) in [6.45, 7) is 12.3. The van der Waals surface area contributed by atoms with Gasteiger partial charge in [0.25, 0.3) is 0 Å². The van der Waals surface area contributed by atoms with Gasteiger partial charge in [0, 0.05) is 25.3 Å². The van der Waals surface area contributed by atoms with Gasteiger partial charge in [-0.05, 0) is 37.9 Å². The highest BCUT2D eigenvalue weighted by molar-refractivity contribution is 4.99. The molecule has 18 heavy (non-hydrogen) atoms. The zero-order chi connectivity index (χ0) is 13.0. The van der Waals surface area contributed by atoms with Gasteiger partial charge in [-0.2, -0.15) is 5.10 Å². The minimum absolute atomic E-state index is 0.603. The van der Waals surface area contributed by atoms with Gasteiger partial charge >= 0.3 is 0 Å². The molecule has 1 atom stereocenters. The summed E-state index contributed by atoms with van der Waals surface area (Å²) in [4.78, 5) is 2.56. The first-order valence-electron chi connectivity index (χ1n) is 7.08. The van der Waals surface area contributed by atoms with Crippen LogP contribution >= 0.6 is 0 Å². The Balaban J connectivity index is 1.66. The van der Waals surface area contributed by atoms with Crippen molar-refractivity contribution in [2.75, 3.05) is 26.2 Å². The van der Waals surface area contributed by atoms with Crippen LogP contribution in [0.2, 0.25) is 0 Å². The summed E-state index contributed by atoms with van der Waals surface area (Å²) in [6, 6.07) is 0.603. The van der Waals surface area contributed by atoms with E-state index >= 15 is 0 Å². The van der Waals surface area contributed by atoms with Crippen molar-refractivity contribution in [2.45, 2.75) is 39.8 Å². The first-order chi connectivity index (χ1) is 8.63. The molecule has 0 spiro atoms.